The van der Waals surface area contributed by atoms with Crippen LogP contribution in [0, 0.1) is 35.0 Å². The van der Waals surface area contributed by atoms with Gasteiger partial charge in [0.15, 0.2) is 0 Å². The maximum absolute atomic E-state index is 13.4. The van der Waals surface area contributed by atoms with Crippen LogP contribution in [0.4, 0.5) is 5.69 Å². The minimum absolute atomic E-state index is 0.0550. The fraction of sp³-hybridized carbons (Fsp3) is 0.750. The third-order valence-corrected chi connectivity index (χ3v) is 9.54. The van der Waals surface area contributed by atoms with E-state index in [2.05, 4.69) is 30.5 Å². The van der Waals surface area contributed by atoms with Gasteiger partial charge in [-0.2, -0.15) is 0 Å². The van der Waals surface area contributed by atoms with Crippen LogP contribution >= 0.6 is 0 Å². The number of ether oxygens (including phenoxy) is 2. The number of aliphatic hydroxyl groups excluding tert-OH is 1. The van der Waals surface area contributed by atoms with E-state index in [-0.39, 0.29) is 49.0 Å². The van der Waals surface area contributed by atoms with Crippen molar-refractivity contribution >= 4 is 23.4 Å². The van der Waals surface area contributed by atoms with Crippen LogP contribution in [0.3, 0.4) is 0 Å². The first kappa shape index (κ1) is 39.5. The van der Waals surface area contributed by atoms with Crippen molar-refractivity contribution in [3.63, 3.8) is 0 Å². The third kappa shape index (κ3) is 13.2. The lowest BCUT2D eigenvalue weighted by Crippen LogP contribution is -2.46. The summed E-state index contributed by atoms with van der Waals surface area (Å²) in [4.78, 5) is 38.1. The predicted molar refractivity (Wildman–Crippen MR) is 183 cm³/mol. The first-order chi connectivity index (χ1) is 21.6. The van der Waals surface area contributed by atoms with Gasteiger partial charge in [-0.05, 0) is 74.5 Å². The fourth-order valence-electron chi connectivity index (χ4n) is 6.04. The lowest BCUT2D eigenvalue weighted by atomic mass is 9.81. The largest absolute Gasteiger partial charge is 0.491 e. The highest BCUT2D eigenvalue weighted by atomic mass is 16.5. The van der Waals surface area contributed by atoms with E-state index < -0.39 is 29.4 Å². The van der Waals surface area contributed by atoms with Crippen LogP contribution in [-0.4, -0.2) is 61.8 Å². The molecule has 1 fully saturated rings. The molecule has 0 aliphatic heterocycles. The maximum Gasteiger partial charge on any atom is 0.224 e. The topological polar surface area (TPSA) is 166 Å². The molecule has 2 rings (SSSR count). The Kier molecular flexibility index (Phi) is 16.5. The molecular weight excluding hydrogens is 584 g/mol. The number of nitrogens with one attached hydrogen (secondary N) is 2. The SMILES string of the molecule is COCCCOc1ccc(CC2CCCC2)cc1NC(=O)C[C@@H](C[C@H](N)[C@@H](O)C[C@H](C(=O)NCC(C)(C)C(N)=O)C(C)C)C(C)C. The molecule has 0 bridgehead atoms. The summed E-state index contributed by atoms with van der Waals surface area (Å²) >= 11 is 0. The molecular formula is C36H62N4O6. The number of rotatable bonds is 21. The van der Waals surface area contributed by atoms with Crippen LogP contribution in [-0.2, 0) is 25.5 Å². The van der Waals surface area contributed by atoms with Crippen molar-refractivity contribution in [1.29, 1.82) is 0 Å². The molecule has 1 aromatic rings. The van der Waals surface area contributed by atoms with E-state index in [0.717, 1.165) is 12.8 Å². The molecule has 3 amide bonds. The quantitative estimate of drug-likeness (QED) is 0.120. The fourth-order valence-corrected chi connectivity index (χ4v) is 6.04. The number of benzene rings is 1. The summed E-state index contributed by atoms with van der Waals surface area (Å²) < 4.78 is 11.2. The number of anilines is 1. The van der Waals surface area contributed by atoms with Gasteiger partial charge in [0.05, 0.1) is 23.8 Å². The molecule has 0 aromatic heterocycles. The lowest BCUT2D eigenvalue weighted by molar-refractivity contribution is -0.130. The average Bonchev–Trinajstić information content (AvgIpc) is 3.50. The molecule has 4 atom stereocenters. The molecule has 1 aliphatic carbocycles. The van der Waals surface area contributed by atoms with Gasteiger partial charge in [-0.25, -0.2) is 0 Å². The standard InChI is InChI=1S/C36H62N4O6/c1-23(2)27(19-29(37)31(41)21-28(24(3)4)34(43)39-22-36(5,6)35(38)44)20-33(42)40-30-18-26(17-25-11-8-9-12-25)13-14-32(30)46-16-10-15-45-7/h13-14,18,23-25,27-29,31,41H,8-12,15-17,19-22,37H2,1-7H3,(H2,38,44)(H,39,43)(H,40,42)/t27-,28+,29+,31+/m1/s1. The zero-order valence-corrected chi connectivity index (χ0v) is 29.4. The van der Waals surface area contributed by atoms with E-state index in [1.807, 2.05) is 26.0 Å². The van der Waals surface area contributed by atoms with Crippen LogP contribution in [0.25, 0.3) is 0 Å². The van der Waals surface area contributed by atoms with E-state index in [9.17, 15) is 19.5 Å². The highest BCUT2D eigenvalue weighted by Crippen LogP contribution is 2.33. The monoisotopic (exact) mass is 646 g/mol. The second-order valence-electron chi connectivity index (χ2n) is 14.7. The molecule has 0 heterocycles. The number of amides is 3. The summed E-state index contributed by atoms with van der Waals surface area (Å²) in [6.45, 7) is 12.5. The molecule has 7 N–H and O–H groups in total. The minimum atomic E-state index is -0.939. The normalized spacial score (nSPS) is 16.7. The number of hydrogen-bond acceptors (Lipinski definition) is 7. The van der Waals surface area contributed by atoms with Gasteiger partial charge in [-0.15, -0.1) is 0 Å². The molecule has 1 aromatic carbocycles. The molecule has 10 heteroatoms. The highest BCUT2D eigenvalue weighted by molar-refractivity contribution is 5.92. The number of carbonyl (C=O) groups excluding carboxylic acids is 3. The summed E-state index contributed by atoms with van der Waals surface area (Å²) in [5.74, 6) is -0.0407. The Labute approximate surface area is 277 Å². The third-order valence-electron chi connectivity index (χ3n) is 9.54. The summed E-state index contributed by atoms with van der Waals surface area (Å²) in [5, 5.41) is 17.0. The van der Waals surface area contributed by atoms with Crippen LogP contribution in [0.1, 0.15) is 98.5 Å². The van der Waals surface area contributed by atoms with Crippen LogP contribution < -0.4 is 26.8 Å². The number of hydrogen-bond donors (Lipinski definition) is 5. The summed E-state index contributed by atoms with van der Waals surface area (Å²) in [5.41, 5.74) is 12.9. The van der Waals surface area contributed by atoms with E-state index in [1.54, 1.807) is 21.0 Å². The summed E-state index contributed by atoms with van der Waals surface area (Å²) in [6, 6.07) is 5.48. The molecule has 10 nitrogen and oxygen atoms in total. The number of nitrogens with two attached hydrogens (primary N) is 2. The van der Waals surface area contributed by atoms with Gasteiger partial charge in [0.1, 0.15) is 5.75 Å². The minimum Gasteiger partial charge on any atom is -0.491 e. The van der Waals surface area contributed by atoms with Crippen LogP contribution in [0.5, 0.6) is 5.75 Å². The van der Waals surface area contributed by atoms with Crippen molar-refractivity contribution in [1.82, 2.24) is 5.32 Å². The zero-order valence-electron chi connectivity index (χ0n) is 29.4. The molecule has 262 valence electrons. The van der Waals surface area contributed by atoms with Gasteiger partial charge in [-0.1, -0.05) is 59.4 Å². The van der Waals surface area contributed by atoms with Gasteiger partial charge in [0.2, 0.25) is 17.7 Å². The van der Waals surface area contributed by atoms with Crippen molar-refractivity contribution < 1.29 is 29.0 Å². The van der Waals surface area contributed by atoms with Crippen molar-refractivity contribution in [2.24, 2.45) is 46.5 Å². The van der Waals surface area contributed by atoms with Gasteiger partial charge in [0, 0.05) is 45.1 Å². The molecule has 1 aliphatic rings. The Morgan fingerprint density at radius 2 is 1.72 bits per heavy atom. The van der Waals surface area contributed by atoms with Gasteiger partial charge >= 0.3 is 0 Å². The van der Waals surface area contributed by atoms with Crippen LogP contribution in [0.2, 0.25) is 0 Å². The summed E-state index contributed by atoms with van der Waals surface area (Å²) in [6.07, 6.45) is 6.69. The number of carbonyl (C=O) groups is 3. The van der Waals surface area contributed by atoms with E-state index in [4.69, 9.17) is 20.9 Å². The lowest BCUT2D eigenvalue weighted by Gasteiger charge is -2.30. The van der Waals surface area contributed by atoms with E-state index in [1.165, 1.54) is 31.2 Å². The molecule has 0 saturated heterocycles. The number of aliphatic hydroxyl groups is 1. The maximum atomic E-state index is 13.4. The second kappa shape index (κ2) is 19.2. The Balaban J connectivity index is 2.06. The van der Waals surface area contributed by atoms with Gasteiger partial charge in [0.25, 0.3) is 0 Å². The highest BCUT2D eigenvalue weighted by Gasteiger charge is 2.32. The molecule has 0 radical (unpaired) electrons. The Hall–Kier alpha value is -2.69. The first-order valence-electron chi connectivity index (χ1n) is 17.2. The zero-order chi connectivity index (χ0) is 34.4. The molecule has 1 saturated carbocycles. The average molecular weight is 647 g/mol. The predicted octanol–water partition coefficient (Wildman–Crippen LogP) is 4.80. The van der Waals surface area contributed by atoms with E-state index in [0.29, 0.717) is 37.0 Å². The van der Waals surface area contributed by atoms with Crippen molar-refractivity contribution in [3.05, 3.63) is 23.8 Å². The van der Waals surface area contributed by atoms with Crippen LogP contribution in [0.15, 0.2) is 18.2 Å². The smallest absolute Gasteiger partial charge is 0.224 e. The first-order valence-corrected chi connectivity index (χ1v) is 17.2. The second-order valence-corrected chi connectivity index (χ2v) is 14.7. The van der Waals surface area contributed by atoms with Crippen molar-refractivity contribution in [2.75, 3.05) is 32.2 Å². The Morgan fingerprint density at radius 1 is 1.04 bits per heavy atom. The number of methoxy groups -OCH3 is 1. The van der Waals surface area contributed by atoms with Crippen molar-refractivity contribution in [3.8, 4) is 5.75 Å². The molecule has 46 heavy (non-hydrogen) atoms. The summed E-state index contributed by atoms with van der Waals surface area (Å²) in [7, 11) is 1.66. The van der Waals surface area contributed by atoms with E-state index >= 15 is 0 Å². The Bertz CT molecular complexity index is 1100. The number of primary amides is 1. The molecule has 0 unspecified atom stereocenters. The van der Waals surface area contributed by atoms with Crippen molar-refractivity contribution in [2.45, 2.75) is 111 Å². The Morgan fingerprint density at radius 3 is 2.30 bits per heavy atom. The van der Waals surface area contributed by atoms with Gasteiger partial charge in [-0.3, -0.25) is 14.4 Å². The van der Waals surface area contributed by atoms with Gasteiger partial charge < -0.3 is 36.7 Å². The molecule has 0 spiro atoms.